The Kier molecular flexibility index (Phi) is 3.78. The number of hydrogen-bond donors (Lipinski definition) is 1. The van der Waals surface area contributed by atoms with E-state index in [0.717, 1.165) is 12.1 Å². The van der Waals surface area contributed by atoms with Gasteiger partial charge < -0.3 is 10.0 Å². The second kappa shape index (κ2) is 5.34. The van der Waals surface area contributed by atoms with Crippen LogP contribution in [0.3, 0.4) is 0 Å². The van der Waals surface area contributed by atoms with Crippen molar-refractivity contribution < 1.29 is 23.5 Å². The van der Waals surface area contributed by atoms with Crippen molar-refractivity contribution in [3.05, 3.63) is 35.4 Å². The molecule has 1 heterocycles. The predicted octanol–water partition coefficient (Wildman–Crippen LogP) is 2.54. The summed E-state index contributed by atoms with van der Waals surface area (Å²) in [6.45, 7) is 0.517. The van der Waals surface area contributed by atoms with Crippen molar-refractivity contribution in [2.24, 2.45) is 5.92 Å². The second-order valence-electron chi connectivity index (χ2n) is 4.53. The fourth-order valence-electron chi connectivity index (χ4n) is 2.24. The molecule has 0 atom stereocenters. The number of halogens is 2. The van der Waals surface area contributed by atoms with Crippen molar-refractivity contribution in [3.63, 3.8) is 0 Å². The van der Waals surface area contributed by atoms with Gasteiger partial charge in [-0.3, -0.25) is 4.79 Å². The molecule has 1 fully saturated rings. The number of likely N-dealkylation sites (tertiary alicyclic amines) is 1. The summed E-state index contributed by atoms with van der Waals surface area (Å²) in [5.74, 6) is -2.39. The van der Waals surface area contributed by atoms with Crippen LogP contribution in [0.5, 0.6) is 0 Å². The molecule has 1 aromatic rings. The van der Waals surface area contributed by atoms with Crippen molar-refractivity contribution in [2.45, 2.75) is 12.8 Å². The van der Waals surface area contributed by atoms with E-state index in [0.29, 0.717) is 18.9 Å². The number of amides is 1. The lowest BCUT2D eigenvalue weighted by atomic mass is 9.89. The van der Waals surface area contributed by atoms with Crippen molar-refractivity contribution >= 4 is 11.9 Å². The molecule has 0 unspecified atom stereocenters. The van der Waals surface area contributed by atoms with Crippen LogP contribution >= 0.6 is 0 Å². The highest BCUT2D eigenvalue weighted by atomic mass is 19.1. The number of ketones is 1. The van der Waals surface area contributed by atoms with E-state index in [9.17, 15) is 18.4 Å². The lowest BCUT2D eigenvalue weighted by Crippen LogP contribution is -2.39. The van der Waals surface area contributed by atoms with Crippen molar-refractivity contribution in [3.8, 4) is 0 Å². The lowest BCUT2D eigenvalue weighted by Gasteiger charge is -2.29. The Labute approximate surface area is 108 Å². The Bertz CT molecular complexity index is 511. The zero-order valence-corrected chi connectivity index (χ0v) is 10.1. The van der Waals surface area contributed by atoms with E-state index in [2.05, 4.69) is 0 Å². The highest BCUT2D eigenvalue weighted by molar-refractivity contribution is 5.98. The Balaban J connectivity index is 2.07. The minimum atomic E-state index is -1.01. The zero-order chi connectivity index (χ0) is 14.0. The molecule has 19 heavy (non-hydrogen) atoms. The quantitative estimate of drug-likeness (QED) is 0.839. The number of hydrogen-bond acceptors (Lipinski definition) is 2. The molecule has 1 N–H and O–H groups in total. The summed E-state index contributed by atoms with van der Waals surface area (Å²) in [6.07, 6.45) is -0.289. The third kappa shape index (κ3) is 2.89. The largest absolute Gasteiger partial charge is 0.465 e. The Morgan fingerprint density at radius 3 is 2.37 bits per heavy atom. The average molecular weight is 269 g/mol. The van der Waals surface area contributed by atoms with Gasteiger partial charge in [-0.25, -0.2) is 13.6 Å². The molecule has 0 radical (unpaired) electrons. The first-order valence-corrected chi connectivity index (χ1v) is 5.96. The molecule has 1 amide bonds. The van der Waals surface area contributed by atoms with Crippen LogP contribution in [0.25, 0.3) is 0 Å². The Morgan fingerprint density at radius 2 is 1.84 bits per heavy atom. The predicted molar refractivity (Wildman–Crippen MR) is 63.0 cm³/mol. The van der Waals surface area contributed by atoms with Gasteiger partial charge in [0.25, 0.3) is 0 Å². The number of nitrogens with zero attached hydrogens (tertiary/aromatic N) is 1. The van der Waals surface area contributed by atoms with E-state index < -0.39 is 23.6 Å². The minimum absolute atomic E-state index is 0.129. The molecule has 0 spiro atoms. The van der Waals surface area contributed by atoms with Crippen LogP contribution in [0, 0.1) is 17.6 Å². The number of carbonyl (C=O) groups excluding carboxylic acids is 1. The van der Waals surface area contributed by atoms with Crippen LogP contribution in [-0.2, 0) is 0 Å². The third-order valence-corrected chi connectivity index (χ3v) is 3.33. The molecule has 1 aliphatic rings. The normalized spacial score (nSPS) is 16.4. The highest BCUT2D eigenvalue weighted by Gasteiger charge is 2.29. The van der Waals surface area contributed by atoms with Gasteiger partial charge in [-0.15, -0.1) is 0 Å². The molecular formula is C13H13F2NO3. The van der Waals surface area contributed by atoms with Crippen LogP contribution in [0.4, 0.5) is 13.6 Å². The van der Waals surface area contributed by atoms with Gasteiger partial charge in [-0.05, 0) is 25.0 Å². The maximum Gasteiger partial charge on any atom is 0.407 e. The zero-order valence-electron chi connectivity index (χ0n) is 10.1. The molecule has 0 saturated carbocycles. The van der Waals surface area contributed by atoms with E-state index in [1.807, 2.05) is 0 Å². The van der Waals surface area contributed by atoms with Crippen molar-refractivity contribution in [1.82, 2.24) is 4.90 Å². The average Bonchev–Trinajstić information content (AvgIpc) is 2.38. The molecule has 1 aliphatic heterocycles. The van der Waals surface area contributed by atoms with Gasteiger partial charge in [0.05, 0.1) is 5.56 Å². The maximum absolute atomic E-state index is 13.5. The maximum atomic E-state index is 13.5. The molecule has 0 aliphatic carbocycles. The first kappa shape index (κ1) is 13.5. The topological polar surface area (TPSA) is 57.6 Å². The molecule has 4 nitrogen and oxygen atoms in total. The van der Waals surface area contributed by atoms with E-state index >= 15 is 0 Å². The van der Waals surface area contributed by atoms with Crippen LogP contribution in [-0.4, -0.2) is 35.0 Å². The summed E-state index contributed by atoms with van der Waals surface area (Å²) in [7, 11) is 0. The van der Waals surface area contributed by atoms with Gasteiger partial charge in [0, 0.05) is 25.1 Å². The van der Waals surface area contributed by atoms with Gasteiger partial charge in [0.2, 0.25) is 0 Å². The van der Waals surface area contributed by atoms with Gasteiger partial charge in [-0.1, -0.05) is 0 Å². The van der Waals surface area contributed by atoms with Crippen LogP contribution < -0.4 is 0 Å². The Hall–Kier alpha value is -1.98. The Morgan fingerprint density at radius 1 is 1.21 bits per heavy atom. The minimum Gasteiger partial charge on any atom is -0.465 e. The van der Waals surface area contributed by atoms with Crippen LogP contribution in [0.2, 0.25) is 0 Å². The summed E-state index contributed by atoms with van der Waals surface area (Å²) >= 11 is 0. The monoisotopic (exact) mass is 269 g/mol. The second-order valence-corrected chi connectivity index (χ2v) is 4.53. The summed E-state index contributed by atoms with van der Waals surface area (Å²) in [5, 5.41) is 8.79. The van der Waals surface area contributed by atoms with Crippen molar-refractivity contribution in [1.29, 1.82) is 0 Å². The molecule has 0 aromatic heterocycles. The molecular weight excluding hydrogens is 256 g/mol. The number of carboxylic acid groups (broad SMARTS) is 1. The van der Waals surface area contributed by atoms with Crippen LogP contribution in [0.15, 0.2) is 18.2 Å². The van der Waals surface area contributed by atoms with E-state index in [4.69, 9.17) is 5.11 Å². The summed E-state index contributed by atoms with van der Waals surface area (Å²) in [6, 6.07) is 2.86. The van der Waals surface area contributed by atoms with Crippen molar-refractivity contribution in [2.75, 3.05) is 13.1 Å². The number of piperidine rings is 1. The standard InChI is InChI=1S/C13H13F2NO3/c14-9-1-2-10(11(15)7-9)12(17)8-3-5-16(6-4-8)13(18)19/h1-2,7-8H,3-6H2,(H,18,19). The third-order valence-electron chi connectivity index (χ3n) is 3.33. The molecule has 6 heteroatoms. The SMILES string of the molecule is O=C(c1ccc(F)cc1F)C1CCN(C(=O)O)CC1. The first-order valence-electron chi connectivity index (χ1n) is 5.96. The summed E-state index contributed by atoms with van der Waals surface area (Å²) < 4.78 is 26.3. The number of carbonyl (C=O) groups is 2. The lowest BCUT2D eigenvalue weighted by molar-refractivity contribution is 0.0817. The fourth-order valence-corrected chi connectivity index (χ4v) is 2.24. The first-order chi connectivity index (χ1) is 8.99. The number of benzene rings is 1. The van der Waals surface area contributed by atoms with Gasteiger partial charge in [-0.2, -0.15) is 0 Å². The molecule has 1 saturated heterocycles. The van der Waals surface area contributed by atoms with E-state index in [-0.39, 0.29) is 24.4 Å². The highest BCUT2D eigenvalue weighted by Crippen LogP contribution is 2.23. The fraction of sp³-hybridized carbons (Fsp3) is 0.385. The van der Waals surface area contributed by atoms with E-state index in [1.54, 1.807) is 0 Å². The molecule has 1 aromatic carbocycles. The van der Waals surface area contributed by atoms with E-state index in [1.165, 1.54) is 4.90 Å². The van der Waals surface area contributed by atoms with Gasteiger partial charge in [0.1, 0.15) is 11.6 Å². The van der Waals surface area contributed by atoms with Gasteiger partial charge >= 0.3 is 6.09 Å². The summed E-state index contributed by atoms with van der Waals surface area (Å²) in [4.78, 5) is 24.0. The number of Topliss-reactive ketones (excluding diaryl/α,β-unsaturated/α-hetero) is 1. The van der Waals surface area contributed by atoms with Crippen LogP contribution in [0.1, 0.15) is 23.2 Å². The molecule has 2 rings (SSSR count). The smallest absolute Gasteiger partial charge is 0.407 e. The molecule has 102 valence electrons. The molecule has 0 bridgehead atoms. The summed E-state index contributed by atoms with van der Waals surface area (Å²) in [5.41, 5.74) is -0.129. The van der Waals surface area contributed by atoms with Gasteiger partial charge in [0.15, 0.2) is 5.78 Å². The number of rotatable bonds is 2.